The average molecular weight is 201 g/mol. The van der Waals surface area contributed by atoms with Crippen molar-refractivity contribution >= 4 is 10.8 Å². The minimum Gasteiger partial charge on any atom is -0.454 e. The maximum absolute atomic E-state index is 7.16. The molecule has 0 saturated carbocycles. The molecular formula is C14H12LiN. The second-order valence-corrected chi connectivity index (χ2v) is 3.44. The monoisotopic (exact) mass is 201 g/mol. The molecule has 0 aliphatic heterocycles. The second kappa shape index (κ2) is 5.66. The summed E-state index contributed by atoms with van der Waals surface area (Å²) in [5.41, 5.74) is 1.07. The number of fused-ring (bicyclic) bond motifs is 1. The van der Waals surface area contributed by atoms with Gasteiger partial charge in [-0.3, -0.25) is 6.57 Å². The fraction of sp³-hybridized carbons (Fsp3) is 0.143. The molecule has 0 aliphatic carbocycles. The van der Waals surface area contributed by atoms with Gasteiger partial charge in [0.25, 0.3) is 0 Å². The number of benzene rings is 2. The molecule has 0 amide bonds. The summed E-state index contributed by atoms with van der Waals surface area (Å²) in [6.45, 7) is 9.18. The van der Waals surface area contributed by atoms with Crippen LogP contribution in [0, 0.1) is 12.6 Å². The molecule has 0 aromatic heterocycles. The largest absolute Gasteiger partial charge is 1.00 e. The van der Waals surface area contributed by atoms with E-state index in [0.717, 1.165) is 18.0 Å². The van der Waals surface area contributed by atoms with Gasteiger partial charge in [0.2, 0.25) is 0 Å². The van der Waals surface area contributed by atoms with Gasteiger partial charge in [0.1, 0.15) is 0 Å². The molecule has 0 saturated heterocycles. The molecule has 2 heteroatoms. The molecule has 0 spiro atoms. The molecule has 0 atom stereocenters. The first-order chi connectivity index (χ1) is 7.36. The van der Waals surface area contributed by atoms with Crippen LogP contribution in [-0.2, 0) is 0 Å². The standard InChI is InChI=1S/C14H12N.Li/c1-3-14(15-2)13-10-6-8-11-7-4-5-9-12(11)13;/h4-10H,3H2,1H3;/q-1;+1. The zero-order chi connectivity index (χ0) is 10.7. The van der Waals surface area contributed by atoms with E-state index in [9.17, 15) is 0 Å². The Bertz CT molecular complexity index is 508. The average Bonchev–Trinajstić information content (AvgIpc) is 2.31. The molecule has 0 aliphatic rings. The predicted molar refractivity (Wildman–Crippen MR) is 63.2 cm³/mol. The molecule has 16 heavy (non-hydrogen) atoms. The summed E-state index contributed by atoms with van der Waals surface area (Å²) in [6, 6.07) is 15.2. The Morgan fingerprint density at radius 2 is 1.81 bits per heavy atom. The van der Waals surface area contributed by atoms with Gasteiger partial charge in [0.05, 0.1) is 0 Å². The van der Waals surface area contributed by atoms with Gasteiger partial charge in [-0.2, -0.15) is 0 Å². The van der Waals surface area contributed by atoms with Crippen molar-refractivity contribution < 1.29 is 18.9 Å². The van der Waals surface area contributed by atoms with Crippen LogP contribution in [-0.4, -0.2) is 0 Å². The van der Waals surface area contributed by atoms with Crippen molar-refractivity contribution in [3.63, 3.8) is 0 Å². The summed E-state index contributed by atoms with van der Waals surface area (Å²) in [5, 5.41) is 2.37. The normalized spacial score (nSPS) is 9.25. The van der Waals surface area contributed by atoms with Crippen LogP contribution in [0.25, 0.3) is 15.6 Å². The fourth-order valence-corrected chi connectivity index (χ4v) is 1.81. The molecule has 0 radical (unpaired) electrons. The molecule has 0 fully saturated rings. The molecule has 0 bridgehead atoms. The van der Waals surface area contributed by atoms with Crippen LogP contribution in [0.2, 0.25) is 0 Å². The second-order valence-electron chi connectivity index (χ2n) is 3.44. The van der Waals surface area contributed by atoms with E-state index in [1.807, 2.05) is 31.2 Å². The number of nitrogens with zero attached hydrogens (tertiary/aromatic N) is 1. The van der Waals surface area contributed by atoms with Crippen molar-refractivity contribution in [2.24, 2.45) is 0 Å². The minimum absolute atomic E-state index is 0. The van der Waals surface area contributed by atoms with Crippen molar-refractivity contribution in [2.45, 2.75) is 13.3 Å². The van der Waals surface area contributed by atoms with Gasteiger partial charge in [-0.25, -0.2) is 0 Å². The van der Waals surface area contributed by atoms with Gasteiger partial charge in [0.15, 0.2) is 0 Å². The van der Waals surface area contributed by atoms with E-state index in [2.05, 4.69) is 23.0 Å². The molecule has 2 aromatic rings. The van der Waals surface area contributed by atoms with Crippen LogP contribution in [0.5, 0.6) is 0 Å². The minimum atomic E-state index is 0. The van der Waals surface area contributed by atoms with Crippen LogP contribution < -0.4 is 18.9 Å². The summed E-state index contributed by atoms with van der Waals surface area (Å²) >= 11 is 0. The zero-order valence-corrected chi connectivity index (χ0v) is 9.70. The molecular weight excluding hydrogens is 189 g/mol. The van der Waals surface area contributed by atoms with Gasteiger partial charge in [0, 0.05) is 0 Å². The maximum atomic E-state index is 7.16. The zero-order valence-electron chi connectivity index (χ0n) is 9.70. The van der Waals surface area contributed by atoms with Gasteiger partial charge in [-0.05, 0) is 16.8 Å². The molecule has 74 valence electrons. The Morgan fingerprint density at radius 1 is 1.12 bits per heavy atom. The number of hydrogen-bond acceptors (Lipinski definition) is 0. The molecule has 0 N–H and O–H groups in total. The Kier molecular flexibility index (Phi) is 4.50. The summed E-state index contributed by atoms with van der Waals surface area (Å²) in [6.07, 6.45) is 0.789. The van der Waals surface area contributed by atoms with E-state index in [1.54, 1.807) is 0 Å². The SMILES string of the molecule is [C-]#[N+][C-](CC)c1cccc2ccccc12.[Li+]. The van der Waals surface area contributed by atoms with Crippen molar-refractivity contribution in [1.29, 1.82) is 0 Å². The smallest absolute Gasteiger partial charge is 0.454 e. The van der Waals surface area contributed by atoms with Crippen LogP contribution in [0.1, 0.15) is 18.9 Å². The van der Waals surface area contributed by atoms with E-state index >= 15 is 0 Å². The van der Waals surface area contributed by atoms with Crippen LogP contribution in [0.3, 0.4) is 0 Å². The van der Waals surface area contributed by atoms with Crippen molar-refractivity contribution in [2.75, 3.05) is 0 Å². The Labute approximate surface area is 108 Å². The van der Waals surface area contributed by atoms with E-state index < -0.39 is 0 Å². The van der Waals surface area contributed by atoms with E-state index in [1.165, 1.54) is 10.8 Å². The first-order valence-electron chi connectivity index (χ1n) is 5.08. The van der Waals surface area contributed by atoms with E-state index in [-0.39, 0.29) is 18.9 Å². The molecule has 2 aromatic carbocycles. The third-order valence-electron chi connectivity index (χ3n) is 2.57. The quantitative estimate of drug-likeness (QED) is 0.505. The summed E-state index contributed by atoms with van der Waals surface area (Å²) in [4.78, 5) is 3.59. The Morgan fingerprint density at radius 3 is 2.50 bits per heavy atom. The summed E-state index contributed by atoms with van der Waals surface area (Å²) in [5.74, 6) is 0. The van der Waals surface area contributed by atoms with Crippen LogP contribution in [0.15, 0.2) is 42.5 Å². The van der Waals surface area contributed by atoms with E-state index in [4.69, 9.17) is 6.57 Å². The Balaban J connectivity index is 0.00000128. The van der Waals surface area contributed by atoms with Crippen molar-refractivity contribution in [3.8, 4) is 0 Å². The maximum Gasteiger partial charge on any atom is 1.00 e. The van der Waals surface area contributed by atoms with Gasteiger partial charge in [-0.15, -0.1) is 0 Å². The molecule has 2 rings (SSSR count). The topological polar surface area (TPSA) is 4.36 Å². The van der Waals surface area contributed by atoms with Gasteiger partial charge in [-0.1, -0.05) is 61.4 Å². The Hall–Kier alpha value is -1.34. The van der Waals surface area contributed by atoms with E-state index in [0.29, 0.717) is 0 Å². The fourth-order valence-electron chi connectivity index (χ4n) is 1.81. The summed E-state index contributed by atoms with van der Waals surface area (Å²) in [7, 11) is 0. The van der Waals surface area contributed by atoms with Crippen LogP contribution >= 0.6 is 0 Å². The third-order valence-corrected chi connectivity index (χ3v) is 2.57. The first kappa shape index (κ1) is 12.7. The van der Waals surface area contributed by atoms with Gasteiger partial charge >= 0.3 is 18.9 Å². The first-order valence-corrected chi connectivity index (χ1v) is 5.08. The number of rotatable bonds is 2. The summed E-state index contributed by atoms with van der Waals surface area (Å²) < 4.78 is 0. The number of hydrogen-bond donors (Lipinski definition) is 0. The van der Waals surface area contributed by atoms with Crippen LogP contribution in [0.4, 0.5) is 0 Å². The van der Waals surface area contributed by atoms with Gasteiger partial charge < -0.3 is 4.85 Å². The predicted octanol–water partition coefficient (Wildman–Crippen LogP) is 1.05. The molecule has 0 unspecified atom stereocenters. The molecule has 1 nitrogen and oxygen atoms in total. The third kappa shape index (κ3) is 2.25. The van der Waals surface area contributed by atoms with Crippen molar-refractivity contribution in [1.82, 2.24) is 0 Å². The van der Waals surface area contributed by atoms with Crippen molar-refractivity contribution in [3.05, 3.63) is 65.5 Å². The molecule has 0 heterocycles.